The molecule has 0 aliphatic heterocycles. The summed E-state index contributed by atoms with van der Waals surface area (Å²) >= 11 is 2.69. The number of quaternary nitrogens is 1. The van der Waals surface area contributed by atoms with E-state index in [0.29, 0.717) is 21.4 Å². The van der Waals surface area contributed by atoms with Gasteiger partial charge >= 0.3 is 0 Å². The van der Waals surface area contributed by atoms with Crippen molar-refractivity contribution in [2.45, 2.75) is 13.5 Å². The SMILES string of the molecule is Br.CCn1c(O)c(C=Nc2ccccc2)s/c1=N/Nc1nc(-c2ccc([NH+]([O-])O)cc2)cs1. The highest BCUT2D eigenvalue weighted by molar-refractivity contribution is 8.93. The molecule has 9 nitrogen and oxygen atoms in total. The lowest BCUT2D eigenvalue weighted by Crippen LogP contribution is -2.99. The van der Waals surface area contributed by atoms with Crippen LogP contribution in [0, 0.1) is 5.21 Å². The van der Waals surface area contributed by atoms with E-state index < -0.39 is 5.23 Å². The van der Waals surface area contributed by atoms with Crippen molar-refractivity contribution in [3.8, 4) is 17.1 Å². The van der Waals surface area contributed by atoms with Crippen LogP contribution in [0.15, 0.2) is 70.1 Å². The third-order valence-corrected chi connectivity index (χ3v) is 6.24. The van der Waals surface area contributed by atoms with Crippen molar-refractivity contribution in [2.75, 3.05) is 5.43 Å². The summed E-state index contributed by atoms with van der Waals surface area (Å²) in [4.78, 5) is 10.1. The number of hydrogen-bond donors (Lipinski definition) is 4. The highest BCUT2D eigenvalue weighted by atomic mass is 79.9. The molecular weight excluding hydrogens is 528 g/mol. The van der Waals surface area contributed by atoms with E-state index in [0.717, 1.165) is 16.9 Å². The van der Waals surface area contributed by atoms with Crippen molar-refractivity contribution in [3.63, 3.8) is 0 Å². The predicted octanol–water partition coefficient (Wildman–Crippen LogP) is 4.06. The summed E-state index contributed by atoms with van der Waals surface area (Å²) in [6, 6.07) is 16.0. The third kappa shape index (κ3) is 5.93. The summed E-state index contributed by atoms with van der Waals surface area (Å²) < 4.78 is 1.68. The molecule has 0 bridgehead atoms. The van der Waals surface area contributed by atoms with Crippen LogP contribution in [0.4, 0.5) is 16.5 Å². The van der Waals surface area contributed by atoms with Crippen molar-refractivity contribution in [1.29, 1.82) is 0 Å². The van der Waals surface area contributed by atoms with Crippen molar-refractivity contribution in [3.05, 3.63) is 74.9 Å². The molecule has 0 amide bonds. The maximum atomic E-state index is 11.0. The first-order valence-electron chi connectivity index (χ1n) is 9.66. The first-order chi connectivity index (χ1) is 15.5. The quantitative estimate of drug-likeness (QED) is 0.205. The Morgan fingerprint density at radius 1 is 1.18 bits per heavy atom. The minimum Gasteiger partial charge on any atom is -0.595 e. The van der Waals surface area contributed by atoms with Gasteiger partial charge in [0.1, 0.15) is 4.88 Å². The number of para-hydroxylation sites is 1. The average molecular weight is 549 g/mol. The van der Waals surface area contributed by atoms with Crippen LogP contribution in [0.3, 0.4) is 0 Å². The van der Waals surface area contributed by atoms with E-state index in [1.807, 2.05) is 42.6 Å². The Hall–Kier alpha value is -2.87. The van der Waals surface area contributed by atoms with E-state index in [1.165, 1.54) is 22.7 Å². The van der Waals surface area contributed by atoms with Crippen LogP contribution >= 0.6 is 39.7 Å². The molecule has 0 spiro atoms. The summed E-state index contributed by atoms with van der Waals surface area (Å²) in [7, 11) is 0. The molecule has 2 aromatic carbocycles. The van der Waals surface area contributed by atoms with E-state index in [-0.39, 0.29) is 28.5 Å². The lowest BCUT2D eigenvalue weighted by molar-refractivity contribution is -0.991. The van der Waals surface area contributed by atoms with E-state index in [1.54, 1.807) is 35.0 Å². The van der Waals surface area contributed by atoms with Gasteiger partial charge in [-0.1, -0.05) is 29.5 Å². The van der Waals surface area contributed by atoms with Crippen LogP contribution in [-0.2, 0) is 6.54 Å². The molecule has 1 atom stereocenters. The van der Waals surface area contributed by atoms with Crippen LogP contribution in [-0.4, -0.2) is 26.1 Å². The minimum absolute atomic E-state index is 0. The molecule has 0 saturated carbocycles. The van der Waals surface area contributed by atoms with Gasteiger partial charge in [-0.3, -0.25) is 9.56 Å². The first kappa shape index (κ1) is 24.8. The van der Waals surface area contributed by atoms with Gasteiger partial charge in [-0.05, 0) is 31.2 Å². The zero-order chi connectivity index (χ0) is 22.5. The minimum atomic E-state index is -0.965. The van der Waals surface area contributed by atoms with Gasteiger partial charge < -0.3 is 10.3 Å². The van der Waals surface area contributed by atoms with Crippen molar-refractivity contribution >= 4 is 62.4 Å². The maximum Gasteiger partial charge on any atom is 0.212 e. The number of anilines is 1. The fourth-order valence-electron chi connectivity index (χ4n) is 2.86. The molecule has 0 aliphatic rings. The van der Waals surface area contributed by atoms with Crippen LogP contribution in [0.2, 0.25) is 0 Å². The van der Waals surface area contributed by atoms with Crippen molar-refractivity contribution < 1.29 is 15.5 Å². The molecule has 0 aliphatic carbocycles. The Morgan fingerprint density at radius 3 is 2.58 bits per heavy atom. The number of benzene rings is 2. The zero-order valence-corrected chi connectivity index (χ0v) is 20.7. The second-order valence-electron chi connectivity index (χ2n) is 6.55. The average Bonchev–Trinajstić information content (AvgIpc) is 3.41. The van der Waals surface area contributed by atoms with Crippen LogP contribution in [0.25, 0.3) is 11.3 Å². The Kier molecular flexibility index (Phi) is 8.49. The van der Waals surface area contributed by atoms with Gasteiger partial charge in [-0.2, -0.15) is 5.23 Å². The molecule has 172 valence electrons. The Labute approximate surface area is 208 Å². The Bertz CT molecular complexity index is 1280. The molecular formula is C21H21BrN6O3S2. The normalized spacial score (nSPS) is 12.6. The summed E-state index contributed by atoms with van der Waals surface area (Å²) in [5.74, 6) is 0.107. The molecule has 0 radical (unpaired) electrons. The van der Waals surface area contributed by atoms with E-state index >= 15 is 0 Å². The van der Waals surface area contributed by atoms with E-state index in [4.69, 9.17) is 5.21 Å². The van der Waals surface area contributed by atoms with Gasteiger partial charge in [0, 0.05) is 29.6 Å². The number of nitrogens with one attached hydrogen (secondary N) is 2. The van der Waals surface area contributed by atoms with Gasteiger partial charge in [0.2, 0.25) is 15.8 Å². The molecule has 2 heterocycles. The van der Waals surface area contributed by atoms with E-state index in [9.17, 15) is 10.3 Å². The zero-order valence-electron chi connectivity index (χ0n) is 17.4. The molecule has 4 aromatic rings. The second-order valence-corrected chi connectivity index (χ2v) is 8.42. The molecule has 33 heavy (non-hydrogen) atoms. The fraction of sp³-hybridized carbons (Fsp3) is 0.0952. The van der Waals surface area contributed by atoms with Gasteiger partial charge in [0.05, 0.1) is 17.6 Å². The van der Waals surface area contributed by atoms with E-state index in [2.05, 4.69) is 20.5 Å². The summed E-state index contributed by atoms with van der Waals surface area (Å²) in [6.07, 6.45) is 1.63. The van der Waals surface area contributed by atoms with Gasteiger partial charge in [-0.15, -0.1) is 33.4 Å². The van der Waals surface area contributed by atoms with Gasteiger partial charge in [0.25, 0.3) is 0 Å². The summed E-state index contributed by atoms with van der Waals surface area (Å²) in [5.41, 5.74) is 5.50. The van der Waals surface area contributed by atoms with Crippen LogP contribution in [0.5, 0.6) is 5.88 Å². The predicted molar refractivity (Wildman–Crippen MR) is 136 cm³/mol. The molecule has 4 N–H and O–H groups in total. The standard InChI is InChI=1S/C21H20N6O3S2.BrH/c1-2-26-19(28)18(12-22-15-6-4-3-5-7-15)32-21(26)25-24-20-23-17(13-31-20)14-8-10-16(11-9-14)27(29)30;/h3-13,27-29H,2H2,1H3,(H,23,24);1H/b22-12?,25-21+;. The van der Waals surface area contributed by atoms with Crippen molar-refractivity contribution in [2.24, 2.45) is 10.1 Å². The number of nitrogens with zero attached hydrogens (tertiary/aromatic N) is 4. The summed E-state index contributed by atoms with van der Waals surface area (Å²) in [6.45, 7) is 2.47. The smallest absolute Gasteiger partial charge is 0.212 e. The number of rotatable bonds is 7. The summed E-state index contributed by atoms with van der Waals surface area (Å²) in [5, 5.41) is 36.5. The highest BCUT2D eigenvalue weighted by Gasteiger charge is 2.11. The fourth-order valence-corrected chi connectivity index (χ4v) is 4.44. The molecule has 2 aromatic heterocycles. The molecule has 0 saturated heterocycles. The monoisotopic (exact) mass is 548 g/mol. The largest absolute Gasteiger partial charge is 0.595 e. The lowest BCUT2D eigenvalue weighted by atomic mass is 10.1. The second kappa shape index (κ2) is 11.3. The maximum absolute atomic E-state index is 11.0. The van der Waals surface area contributed by atoms with Crippen LogP contribution < -0.4 is 15.5 Å². The molecule has 12 heteroatoms. The van der Waals surface area contributed by atoms with Crippen molar-refractivity contribution in [1.82, 2.24) is 9.55 Å². The molecule has 1 unspecified atom stereocenters. The number of hydrogen-bond acceptors (Lipinski definition) is 9. The number of aliphatic imine (C=N–C) groups is 1. The number of aromatic nitrogens is 2. The number of thiazole rings is 2. The molecule has 0 fully saturated rings. The third-order valence-electron chi connectivity index (χ3n) is 4.49. The van der Waals surface area contributed by atoms with Gasteiger partial charge in [0.15, 0.2) is 5.69 Å². The highest BCUT2D eigenvalue weighted by Crippen LogP contribution is 2.25. The first-order valence-corrected chi connectivity index (χ1v) is 11.4. The molecule has 4 rings (SSSR count). The van der Waals surface area contributed by atoms with Gasteiger partial charge in [-0.25, -0.2) is 15.6 Å². The Balaban J connectivity index is 0.00000306. The lowest BCUT2D eigenvalue weighted by Gasteiger charge is -2.11. The topological polar surface area (TPSA) is 123 Å². The Morgan fingerprint density at radius 2 is 1.91 bits per heavy atom. The number of aromatic hydroxyl groups is 1. The number of halogens is 1. The van der Waals surface area contributed by atoms with Crippen LogP contribution in [0.1, 0.15) is 11.8 Å².